The van der Waals surface area contributed by atoms with Crippen LogP contribution in [0.1, 0.15) is 30.9 Å². The second-order valence-corrected chi connectivity index (χ2v) is 6.03. The molecular formula is C16H21F2NO2. The van der Waals surface area contributed by atoms with Gasteiger partial charge in [-0.1, -0.05) is 6.07 Å². The Morgan fingerprint density at radius 3 is 2.81 bits per heavy atom. The predicted octanol–water partition coefficient (Wildman–Crippen LogP) is 2.81. The van der Waals surface area contributed by atoms with Crippen molar-refractivity contribution in [1.29, 1.82) is 0 Å². The highest BCUT2D eigenvalue weighted by Gasteiger charge is 2.43. The molecule has 1 aromatic carbocycles. The summed E-state index contributed by atoms with van der Waals surface area (Å²) >= 11 is 0. The molecule has 116 valence electrons. The molecule has 1 aromatic rings. The lowest BCUT2D eigenvalue weighted by Gasteiger charge is -2.40. The van der Waals surface area contributed by atoms with Crippen LogP contribution in [0.2, 0.25) is 0 Å². The van der Waals surface area contributed by atoms with Crippen molar-refractivity contribution in [2.24, 2.45) is 5.92 Å². The van der Waals surface area contributed by atoms with Gasteiger partial charge in [0.05, 0.1) is 12.2 Å². The molecule has 0 amide bonds. The highest BCUT2D eigenvalue weighted by Crippen LogP contribution is 2.41. The van der Waals surface area contributed by atoms with E-state index in [9.17, 15) is 8.78 Å². The third-order valence-electron chi connectivity index (χ3n) is 4.68. The van der Waals surface area contributed by atoms with Crippen LogP contribution in [0.15, 0.2) is 18.2 Å². The fraction of sp³-hybridized carbons (Fsp3) is 0.625. The van der Waals surface area contributed by atoms with E-state index in [1.54, 1.807) is 6.07 Å². The van der Waals surface area contributed by atoms with E-state index in [1.165, 1.54) is 12.1 Å². The molecule has 0 bridgehead atoms. The molecule has 2 aliphatic heterocycles. The van der Waals surface area contributed by atoms with Gasteiger partial charge in [-0.15, -0.1) is 0 Å². The standard InChI is InChI=1S/C16H21F2NO2/c1-19-15(11-2-3-13(17)14(18)8-11)12-4-6-21-16(9-12)5-7-20-10-16/h2-3,8,12,15,19H,4-7,9-10H2,1H3. The van der Waals surface area contributed by atoms with E-state index < -0.39 is 11.6 Å². The number of hydrogen-bond acceptors (Lipinski definition) is 3. The molecule has 1 N–H and O–H groups in total. The van der Waals surface area contributed by atoms with Crippen LogP contribution in [0.5, 0.6) is 0 Å². The first-order valence-electron chi connectivity index (χ1n) is 7.47. The first-order chi connectivity index (χ1) is 10.1. The van der Waals surface area contributed by atoms with Gasteiger partial charge in [0.2, 0.25) is 0 Å². The van der Waals surface area contributed by atoms with Crippen molar-refractivity contribution in [3.63, 3.8) is 0 Å². The van der Waals surface area contributed by atoms with Crippen LogP contribution in [0.4, 0.5) is 8.78 Å². The lowest BCUT2D eigenvalue weighted by Crippen LogP contribution is -2.43. The third-order valence-corrected chi connectivity index (χ3v) is 4.68. The summed E-state index contributed by atoms with van der Waals surface area (Å²) in [5, 5.41) is 3.26. The van der Waals surface area contributed by atoms with Gasteiger partial charge < -0.3 is 14.8 Å². The van der Waals surface area contributed by atoms with Crippen LogP contribution in [0, 0.1) is 17.6 Å². The van der Waals surface area contributed by atoms with Gasteiger partial charge in [-0.2, -0.15) is 0 Å². The van der Waals surface area contributed by atoms with Crippen LogP contribution in [-0.2, 0) is 9.47 Å². The summed E-state index contributed by atoms with van der Waals surface area (Å²) in [5.41, 5.74) is 0.605. The van der Waals surface area contributed by atoms with Gasteiger partial charge in [-0.05, 0) is 43.5 Å². The van der Waals surface area contributed by atoms with E-state index in [4.69, 9.17) is 9.47 Å². The molecule has 0 aliphatic carbocycles. The van der Waals surface area contributed by atoms with Gasteiger partial charge in [0.25, 0.3) is 0 Å². The van der Waals surface area contributed by atoms with Gasteiger partial charge in [0.15, 0.2) is 11.6 Å². The molecular weight excluding hydrogens is 276 g/mol. The Bertz CT molecular complexity index is 503. The topological polar surface area (TPSA) is 30.5 Å². The van der Waals surface area contributed by atoms with Crippen molar-refractivity contribution in [2.75, 3.05) is 26.9 Å². The van der Waals surface area contributed by atoms with Crippen LogP contribution in [0.3, 0.4) is 0 Å². The number of rotatable bonds is 3. The summed E-state index contributed by atoms with van der Waals surface area (Å²) in [5.74, 6) is -1.27. The molecule has 3 unspecified atom stereocenters. The van der Waals surface area contributed by atoms with E-state index in [0.29, 0.717) is 19.1 Å². The number of ether oxygens (including phenoxy) is 2. The van der Waals surface area contributed by atoms with Gasteiger partial charge in [0, 0.05) is 25.7 Å². The number of hydrogen-bond donors (Lipinski definition) is 1. The third kappa shape index (κ3) is 2.96. The van der Waals surface area contributed by atoms with E-state index >= 15 is 0 Å². The van der Waals surface area contributed by atoms with E-state index in [1.807, 2.05) is 7.05 Å². The summed E-state index contributed by atoms with van der Waals surface area (Å²) in [6, 6.07) is 4.15. The van der Waals surface area contributed by atoms with Gasteiger partial charge in [-0.3, -0.25) is 0 Å². The van der Waals surface area contributed by atoms with E-state index in [-0.39, 0.29) is 11.6 Å². The van der Waals surface area contributed by atoms with Gasteiger partial charge in [0.1, 0.15) is 0 Å². The molecule has 21 heavy (non-hydrogen) atoms. The number of benzene rings is 1. The molecule has 0 aromatic heterocycles. The highest BCUT2D eigenvalue weighted by molar-refractivity contribution is 5.22. The lowest BCUT2D eigenvalue weighted by atomic mass is 9.79. The molecule has 1 spiro atoms. The van der Waals surface area contributed by atoms with Gasteiger partial charge in [-0.25, -0.2) is 8.78 Å². The minimum Gasteiger partial charge on any atom is -0.378 e. The van der Waals surface area contributed by atoms with Gasteiger partial charge >= 0.3 is 0 Å². The average Bonchev–Trinajstić information content (AvgIpc) is 2.91. The predicted molar refractivity (Wildman–Crippen MR) is 75.0 cm³/mol. The van der Waals surface area contributed by atoms with Crippen LogP contribution in [0.25, 0.3) is 0 Å². The fourth-order valence-corrected chi connectivity index (χ4v) is 3.59. The van der Waals surface area contributed by atoms with E-state index in [0.717, 1.165) is 31.4 Å². The van der Waals surface area contributed by atoms with Crippen molar-refractivity contribution in [3.05, 3.63) is 35.4 Å². The Morgan fingerprint density at radius 2 is 2.14 bits per heavy atom. The summed E-state index contributed by atoms with van der Waals surface area (Å²) in [4.78, 5) is 0. The summed E-state index contributed by atoms with van der Waals surface area (Å²) < 4.78 is 38.0. The summed E-state index contributed by atoms with van der Waals surface area (Å²) in [6.45, 7) is 2.07. The van der Waals surface area contributed by atoms with Crippen molar-refractivity contribution in [1.82, 2.24) is 5.32 Å². The minimum absolute atomic E-state index is 0.00137. The molecule has 2 aliphatic rings. The maximum absolute atomic E-state index is 13.5. The number of halogens is 2. The molecule has 0 radical (unpaired) electrons. The first kappa shape index (κ1) is 14.9. The van der Waals surface area contributed by atoms with Crippen molar-refractivity contribution in [2.45, 2.75) is 30.9 Å². The maximum atomic E-state index is 13.5. The molecule has 2 heterocycles. The maximum Gasteiger partial charge on any atom is 0.159 e. The summed E-state index contributed by atoms with van der Waals surface area (Å²) in [7, 11) is 1.86. The Labute approximate surface area is 123 Å². The van der Waals surface area contributed by atoms with Crippen LogP contribution >= 0.6 is 0 Å². The quantitative estimate of drug-likeness (QED) is 0.930. The normalized spacial score (nSPS) is 30.7. The lowest BCUT2D eigenvalue weighted by molar-refractivity contribution is -0.103. The fourth-order valence-electron chi connectivity index (χ4n) is 3.59. The molecule has 3 nitrogen and oxygen atoms in total. The summed E-state index contributed by atoms with van der Waals surface area (Å²) in [6.07, 6.45) is 2.71. The monoisotopic (exact) mass is 297 g/mol. The second kappa shape index (κ2) is 5.99. The Balaban J connectivity index is 1.80. The smallest absolute Gasteiger partial charge is 0.159 e. The van der Waals surface area contributed by atoms with Crippen LogP contribution < -0.4 is 5.32 Å². The highest BCUT2D eigenvalue weighted by atomic mass is 19.2. The zero-order valence-corrected chi connectivity index (χ0v) is 12.2. The van der Waals surface area contributed by atoms with Crippen molar-refractivity contribution >= 4 is 0 Å². The number of nitrogens with one attached hydrogen (secondary N) is 1. The zero-order valence-electron chi connectivity index (χ0n) is 12.2. The van der Waals surface area contributed by atoms with Crippen molar-refractivity contribution < 1.29 is 18.3 Å². The minimum atomic E-state index is -0.804. The molecule has 5 heteroatoms. The van der Waals surface area contributed by atoms with E-state index in [2.05, 4.69) is 5.32 Å². The molecule has 3 atom stereocenters. The zero-order chi connectivity index (χ0) is 14.9. The molecule has 3 rings (SSSR count). The van der Waals surface area contributed by atoms with Crippen molar-refractivity contribution in [3.8, 4) is 0 Å². The second-order valence-electron chi connectivity index (χ2n) is 6.03. The van der Waals surface area contributed by atoms with Crippen LogP contribution in [-0.4, -0.2) is 32.5 Å². The first-order valence-corrected chi connectivity index (χ1v) is 7.47. The Hall–Kier alpha value is -1.04. The molecule has 0 saturated carbocycles. The largest absolute Gasteiger partial charge is 0.378 e. The Kier molecular flexibility index (Phi) is 4.24. The Morgan fingerprint density at radius 1 is 1.29 bits per heavy atom. The molecule has 2 saturated heterocycles. The molecule has 2 fully saturated rings. The average molecular weight is 297 g/mol. The SMILES string of the molecule is CNC(c1ccc(F)c(F)c1)C1CCOC2(CCOC2)C1.